The molecule has 4 heterocycles. The number of thiazole rings is 1. The summed E-state index contributed by atoms with van der Waals surface area (Å²) in [5.41, 5.74) is 5.19. The number of anilines is 1. The monoisotopic (exact) mass is 570 g/mol. The van der Waals surface area contributed by atoms with Crippen molar-refractivity contribution in [1.29, 1.82) is 0 Å². The molecule has 3 aromatic rings. The molecule has 2 aromatic heterocycles. The van der Waals surface area contributed by atoms with Crippen LogP contribution in [0.2, 0.25) is 0 Å². The molecular formula is C29H42N6O4S. The molecule has 40 heavy (non-hydrogen) atoms. The van der Waals surface area contributed by atoms with E-state index in [9.17, 15) is 9.59 Å². The number of nitrogens with zero attached hydrogens (tertiary/aromatic N) is 4. The molecule has 1 aromatic carbocycles. The number of aliphatic hydroxyl groups is 1. The van der Waals surface area contributed by atoms with Crippen LogP contribution in [-0.4, -0.2) is 78.3 Å². The van der Waals surface area contributed by atoms with Gasteiger partial charge in [-0.1, -0.05) is 43.3 Å². The Kier molecular flexibility index (Phi) is 12.6. The maximum atomic E-state index is 10.4. The minimum Gasteiger partial charge on any atom is -0.391 e. The number of hydrogen-bond acceptors (Lipinski definition) is 9. The smallest absolute Gasteiger partial charge is 0.209 e. The van der Waals surface area contributed by atoms with E-state index in [1.807, 2.05) is 31.5 Å². The number of aliphatic hydroxyl groups excluding tert-OH is 1. The van der Waals surface area contributed by atoms with E-state index >= 15 is 0 Å². The second-order valence-corrected chi connectivity index (χ2v) is 11.3. The lowest BCUT2D eigenvalue weighted by molar-refractivity contribution is -0.117. The predicted molar refractivity (Wildman–Crippen MR) is 158 cm³/mol. The predicted octanol–water partition coefficient (Wildman–Crippen LogP) is 3.42. The van der Waals surface area contributed by atoms with Crippen molar-refractivity contribution >= 4 is 30.0 Å². The molecule has 0 saturated carbocycles. The van der Waals surface area contributed by atoms with Crippen molar-refractivity contribution in [2.75, 3.05) is 44.2 Å². The summed E-state index contributed by atoms with van der Waals surface area (Å²) in [6, 6.07) is 10.3. The first-order valence-electron chi connectivity index (χ1n) is 13.8. The highest BCUT2D eigenvalue weighted by Gasteiger charge is 2.17. The van der Waals surface area contributed by atoms with Gasteiger partial charge in [-0.25, -0.2) is 4.98 Å². The average molecular weight is 571 g/mol. The SMILES string of the molecule is CC(C)Cc1cc(N2CCNCC2)no1.Cc1ncsc1-c1ccc([C@H](C)NC=O)cc1.O=CN1CCC(O)C1. The number of nitrogens with one attached hydrogen (secondary N) is 2. The normalized spacial score (nSPS) is 17.4. The van der Waals surface area contributed by atoms with Crippen molar-refractivity contribution < 1.29 is 19.2 Å². The Morgan fingerprint density at radius 2 is 1.90 bits per heavy atom. The van der Waals surface area contributed by atoms with Gasteiger partial charge in [0.05, 0.1) is 28.2 Å². The summed E-state index contributed by atoms with van der Waals surface area (Å²) < 4.78 is 5.32. The largest absolute Gasteiger partial charge is 0.391 e. The number of aromatic nitrogens is 2. The zero-order valence-electron chi connectivity index (χ0n) is 23.9. The standard InChI is InChI=1S/C13H14N2OS.C11H19N3O.C5H9NO2/c1-9(14-7-16)11-3-5-12(6-4-11)13-10(2)15-8-17-13;1-9(2)7-10-8-11(13-15-10)14-5-3-12-4-6-14;7-4-6-2-1-5(8)3-6/h3-9H,1-2H3,(H,14,16);8-9,12H,3-7H2,1-2H3;4-5,8H,1-3H2/t9-;;/m0../s1. The Balaban J connectivity index is 0.000000176. The van der Waals surface area contributed by atoms with E-state index in [2.05, 4.69) is 57.7 Å². The van der Waals surface area contributed by atoms with Crippen molar-refractivity contribution in [2.24, 2.45) is 5.92 Å². The van der Waals surface area contributed by atoms with Gasteiger partial charge in [0.25, 0.3) is 0 Å². The van der Waals surface area contributed by atoms with Gasteiger partial charge >= 0.3 is 0 Å². The number of benzene rings is 1. The van der Waals surface area contributed by atoms with Crippen molar-refractivity contribution in [3.63, 3.8) is 0 Å². The van der Waals surface area contributed by atoms with Gasteiger partial charge in [0, 0.05) is 51.8 Å². The average Bonchev–Trinajstić information content (AvgIpc) is 3.71. The van der Waals surface area contributed by atoms with Gasteiger partial charge in [0.2, 0.25) is 12.8 Å². The molecule has 218 valence electrons. The van der Waals surface area contributed by atoms with E-state index in [0.717, 1.165) is 74.7 Å². The highest BCUT2D eigenvalue weighted by molar-refractivity contribution is 7.13. The zero-order chi connectivity index (χ0) is 28.9. The van der Waals surface area contributed by atoms with Crippen LogP contribution in [0.5, 0.6) is 0 Å². The summed E-state index contributed by atoms with van der Waals surface area (Å²) in [5, 5.41) is 19.0. The van der Waals surface area contributed by atoms with Crippen molar-refractivity contribution in [3.8, 4) is 10.4 Å². The second kappa shape index (κ2) is 16.1. The molecule has 2 fully saturated rings. The molecule has 10 nitrogen and oxygen atoms in total. The van der Waals surface area contributed by atoms with Crippen LogP contribution < -0.4 is 15.5 Å². The fraction of sp³-hybridized carbons (Fsp3) is 0.517. The molecule has 1 unspecified atom stereocenters. The number of amides is 2. The van der Waals surface area contributed by atoms with Crippen LogP contribution in [0.4, 0.5) is 5.82 Å². The summed E-state index contributed by atoms with van der Waals surface area (Å²) in [6.45, 7) is 13.7. The van der Waals surface area contributed by atoms with E-state index in [1.54, 1.807) is 16.2 Å². The summed E-state index contributed by atoms with van der Waals surface area (Å²) in [4.78, 5) is 29.6. The van der Waals surface area contributed by atoms with Crippen LogP contribution in [0.15, 0.2) is 40.4 Å². The molecule has 0 radical (unpaired) electrons. The summed E-state index contributed by atoms with van der Waals surface area (Å²) in [5.74, 6) is 2.61. The van der Waals surface area contributed by atoms with Gasteiger partial charge in [0.1, 0.15) is 5.76 Å². The number of aryl methyl sites for hydroxylation is 1. The lowest BCUT2D eigenvalue weighted by Crippen LogP contribution is -2.43. The summed E-state index contributed by atoms with van der Waals surface area (Å²) in [6.07, 6.45) is 2.93. The summed E-state index contributed by atoms with van der Waals surface area (Å²) in [7, 11) is 0. The van der Waals surface area contributed by atoms with Crippen molar-refractivity contribution in [2.45, 2.75) is 52.7 Å². The minimum absolute atomic E-state index is 0.0455. The number of β-amino-alcohol motifs (C(OH)–C–C–N with tert-alkyl or cyclic N) is 1. The van der Waals surface area contributed by atoms with Crippen LogP contribution >= 0.6 is 11.3 Å². The van der Waals surface area contributed by atoms with E-state index in [1.165, 1.54) is 10.4 Å². The Bertz CT molecular complexity index is 1160. The van der Waals surface area contributed by atoms with Gasteiger partial charge in [-0.2, -0.15) is 0 Å². The topological polar surface area (TPSA) is 124 Å². The van der Waals surface area contributed by atoms with E-state index < -0.39 is 0 Å². The molecule has 2 atom stereocenters. The van der Waals surface area contributed by atoms with Gasteiger partial charge in [-0.3, -0.25) is 9.59 Å². The number of rotatable bonds is 8. The Morgan fingerprint density at radius 3 is 2.42 bits per heavy atom. The third-order valence-corrected chi connectivity index (χ3v) is 7.65. The minimum atomic E-state index is -0.278. The van der Waals surface area contributed by atoms with Crippen LogP contribution in [0, 0.1) is 12.8 Å². The molecule has 2 saturated heterocycles. The lowest BCUT2D eigenvalue weighted by atomic mass is 10.1. The molecule has 5 rings (SSSR count). The van der Waals surface area contributed by atoms with Crippen LogP contribution in [-0.2, 0) is 16.0 Å². The second-order valence-electron chi connectivity index (χ2n) is 10.4. The highest BCUT2D eigenvalue weighted by atomic mass is 32.1. The van der Waals surface area contributed by atoms with Crippen LogP contribution in [0.1, 0.15) is 50.3 Å². The van der Waals surface area contributed by atoms with Crippen LogP contribution in [0.3, 0.4) is 0 Å². The van der Waals surface area contributed by atoms with Gasteiger partial charge in [-0.15, -0.1) is 11.3 Å². The van der Waals surface area contributed by atoms with Crippen molar-refractivity contribution in [3.05, 3.63) is 52.9 Å². The van der Waals surface area contributed by atoms with E-state index in [4.69, 9.17) is 9.63 Å². The molecule has 0 aliphatic carbocycles. The van der Waals surface area contributed by atoms with Crippen LogP contribution in [0.25, 0.3) is 10.4 Å². The van der Waals surface area contributed by atoms with Gasteiger partial charge < -0.3 is 30.1 Å². The number of likely N-dealkylation sites (tertiary alicyclic amines) is 1. The maximum Gasteiger partial charge on any atom is 0.209 e. The molecule has 0 spiro atoms. The fourth-order valence-electron chi connectivity index (χ4n) is 4.41. The molecule has 2 aliphatic heterocycles. The first kappa shape index (κ1) is 31.3. The highest BCUT2D eigenvalue weighted by Crippen LogP contribution is 2.28. The maximum absolute atomic E-state index is 10.4. The Labute approximate surface area is 240 Å². The Hall–Kier alpha value is -3.28. The quantitative estimate of drug-likeness (QED) is 0.352. The first-order valence-corrected chi connectivity index (χ1v) is 14.7. The van der Waals surface area contributed by atoms with E-state index in [0.29, 0.717) is 19.0 Å². The Morgan fingerprint density at radius 1 is 1.18 bits per heavy atom. The molecule has 3 N–H and O–H groups in total. The number of carbonyl (C=O) groups excluding carboxylic acids is 2. The van der Waals surface area contributed by atoms with E-state index in [-0.39, 0.29) is 12.1 Å². The third-order valence-electron chi connectivity index (χ3n) is 6.68. The molecule has 2 aliphatic rings. The number of hydrogen-bond donors (Lipinski definition) is 3. The number of carbonyl (C=O) groups is 2. The third kappa shape index (κ3) is 9.72. The summed E-state index contributed by atoms with van der Waals surface area (Å²) >= 11 is 1.64. The molecule has 2 amide bonds. The lowest BCUT2D eigenvalue weighted by Gasteiger charge is -2.26. The fourth-order valence-corrected chi connectivity index (χ4v) is 5.22. The molecular weight excluding hydrogens is 528 g/mol. The van der Waals surface area contributed by atoms with Gasteiger partial charge in [-0.05, 0) is 37.3 Å². The number of piperazine rings is 1. The molecule has 0 bridgehead atoms. The van der Waals surface area contributed by atoms with Gasteiger partial charge in [0.15, 0.2) is 5.82 Å². The van der Waals surface area contributed by atoms with Crippen molar-refractivity contribution in [1.82, 2.24) is 25.7 Å². The zero-order valence-corrected chi connectivity index (χ0v) is 24.7. The first-order chi connectivity index (χ1) is 19.3. The molecule has 11 heteroatoms.